The van der Waals surface area contributed by atoms with Gasteiger partial charge in [-0.2, -0.15) is 0 Å². The molecule has 6 rings (SSSR count). The van der Waals surface area contributed by atoms with E-state index in [1.807, 2.05) is 24.3 Å². The number of rotatable bonds is 2. The predicted molar refractivity (Wildman–Crippen MR) is 92.8 cm³/mol. The lowest BCUT2D eigenvalue weighted by Gasteiger charge is -2.51. The summed E-state index contributed by atoms with van der Waals surface area (Å²) in [6, 6.07) is 11.2. The number of fused-ring (bicyclic) bond motifs is 2. The minimum Gasteiger partial charge on any atom is -0.357 e. The third-order valence-electron chi connectivity index (χ3n) is 6.38. The molecule has 25 heavy (non-hydrogen) atoms. The Hall–Kier alpha value is -2.14. The van der Waals surface area contributed by atoms with E-state index in [-0.39, 0.29) is 23.7 Å². The van der Waals surface area contributed by atoms with Crippen LogP contribution in [-0.4, -0.2) is 52.4 Å². The Balaban J connectivity index is 1.53. The van der Waals surface area contributed by atoms with Crippen LogP contribution in [0.5, 0.6) is 0 Å². The van der Waals surface area contributed by atoms with E-state index in [1.165, 1.54) is 25.0 Å². The molecule has 4 aliphatic heterocycles. The molecule has 4 aliphatic rings. The van der Waals surface area contributed by atoms with E-state index in [9.17, 15) is 9.18 Å². The van der Waals surface area contributed by atoms with Gasteiger partial charge in [0.1, 0.15) is 11.5 Å². The van der Waals surface area contributed by atoms with Crippen LogP contribution < -0.4 is 0 Å². The van der Waals surface area contributed by atoms with Crippen LogP contribution in [-0.2, 0) is 0 Å². The predicted octanol–water partition coefficient (Wildman–Crippen LogP) is 2.86. The highest BCUT2D eigenvalue weighted by atomic mass is 19.1. The molecule has 1 aromatic carbocycles. The fraction of sp³-hybridized carbons (Fsp3) is 0.450. The highest BCUT2D eigenvalue weighted by molar-refractivity contribution is 5.93. The summed E-state index contributed by atoms with van der Waals surface area (Å²) in [5.74, 6) is 0.730. The molecule has 0 aliphatic carbocycles. The SMILES string of the molecule is O=C(c1ccc[nH]1)N1C[C@H](c2ccc(F)cc2)[C@H]2[C@@H]1C1CCN2CC1. The molecule has 1 aromatic heterocycles. The van der Waals surface area contributed by atoms with Crippen molar-refractivity contribution in [1.82, 2.24) is 14.8 Å². The van der Waals surface area contributed by atoms with Crippen molar-refractivity contribution in [3.8, 4) is 0 Å². The van der Waals surface area contributed by atoms with E-state index >= 15 is 0 Å². The Morgan fingerprint density at radius 3 is 2.52 bits per heavy atom. The Bertz CT molecular complexity index is 765. The summed E-state index contributed by atoms with van der Waals surface area (Å²) in [7, 11) is 0. The quantitative estimate of drug-likeness (QED) is 0.914. The third-order valence-corrected chi connectivity index (χ3v) is 6.38. The van der Waals surface area contributed by atoms with E-state index in [1.54, 1.807) is 6.20 Å². The Kier molecular flexibility index (Phi) is 3.45. The van der Waals surface area contributed by atoms with Crippen molar-refractivity contribution in [3.05, 3.63) is 59.7 Å². The van der Waals surface area contributed by atoms with E-state index < -0.39 is 0 Å². The molecule has 2 bridgehead atoms. The second kappa shape index (κ2) is 5.70. The van der Waals surface area contributed by atoms with Gasteiger partial charge >= 0.3 is 0 Å². The van der Waals surface area contributed by atoms with Gasteiger partial charge in [0.2, 0.25) is 0 Å². The molecule has 0 unspecified atom stereocenters. The van der Waals surface area contributed by atoms with Gasteiger partial charge in [0.05, 0.1) is 6.04 Å². The first-order chi connectivity index (χ1) is 12.2. The summed E-state index contributed by atoms with van der Waals surface area (Å²) in [6.07, 6.45) is 4.15. The van der Waals surface area contributed by atoms with Gasteiger partial charge in [-0.1, -0.05) is 12.1 Å². The minimum absolute atomic E-state index is 0.0957. The molecule has 4 fully saturated rings. The van der Waals surface area contributed by atoms with Crippen LogP contribution in [0.1, 0.15) is 34.8 Å². The number of carbonyl (C=O) groups is 1. The first-order valence-corrected chi connectivity index (χ1v) is 9.16. The molecule has 2 aromatic rings. The van der Waals surface area contributed by atoms with Crippen molar-refractivity contribution in [1.29, 1.82) is 0 Å². The smallest absolute Gasteiger partial charge is 0.270 e. The van der Waals surface area contributed by atoms with Crippen LogP contribution in [0.25, 0.3) is 0 Å². The highest BCUT2D eigenvalue weighted by Gasteiger charge is 2.54. The van der Waals surface area contributed by atoms with Gasteiger partial charge in [0.25, 0.3) is 5.91 Å². The number of H-pyrrole nitrogens is 1. The highest BCUT2D eigenvalue weighted by Crippen LogP contribution is 2.46. The third kappa shape index (κ3) is 2.33. The van der Waals surface area contributed by atoms with E-state index in [0.717, 1.165) is 18.7 Å². The lowest BCUT2D eigenvalue weighted by molar-refractivity contribution is -0.00356. The van der Waals surface area contributed by atoms with Crippen molar-refractivity contribution in [2.45, 2.75) is 30.8 Å². The molecule has 4 saturated heterocycles. The summed E-state index contributed by atoms with van der Waals surface area (Å²) >= 11 is 0. The second-order valence-electron chi connectivity index (χ2n) is 7.55. The number of piperidine rings is 3. The van der Waals surface area contributed by atoms with Gasteiger partial charge in [-0.3, -0.25) is 9.69 Å². The maximum absolute atomic E-state index is 13.4. The van der Waals surface area contributed by atoms with Crippen LogP contribution in [0.2, 0.25) is 0 Å². The second-order valence-corrected chi connectivity index (χ2v) is 7.55. The Morgan fingerprint density at radius 2 is 1.84 bits per heavy atom. The fourth-order valence-electron chi connectivity index (χ4n) is 5.28. The van der Waals surface area contributed by atoms with Crippen LogP contribution >= 0.6 is 0 Å². The Morgan fingerprint density at radius 1 is 1.08 bits per heavy atom. The van der Waals surface area contributed by atoms with Gasteiger partial charge < -0.3 is 9.88 Å². The standard InChI is InChI=1S/C20H22FN3O/c21-15-5-3-13(4-6-15)16-12-24(20(25)17-2-1-9-22-17)18-14-7-10-23(11-8-14)19(16)18/h1-6,9,14,16,18-19,22H,7-8,10-12H2/t16-,18+,19+/m1/s1. The molecule has 0 saturated carbocycles. The molecule has 1 amide bonds. The number of hydrogen-bond acceptors (Lipinski definition) is 2. The lowest BCUT2D eigenvalue weighted by atomic mass is 9.75. The van der Waals surface area contributed by atoms with E-state index in [2.05, 4.69) is 14.8 Å². The maximum atomic E-state index is 13.4. The van der Waals surface area contributed by atoms with Crippen LogP contribution in [0, 0.1) is 11.7 Å². The number of likely N-dealkylation sites (tertiary alicyclic amines) is 1. The summed E-state index contributed by atoms with van der Waals surface area (Å²) in [6.45, 7) is 2.95. The van der Waals surface area contributed by atoms with Crippen LogP contribution in [0.15, 0.2) is 42.6 Å². The number of aromatic amines is 1. The number of amides is 1. The number of nitrogens with one attached hydrogen (secondary N) is 1. The number of hydrogen-bond donors (Lipinski definition) is 1. The van der Waals surface area contributed by atoms with Crippen LogP contribution in [0.3, 0.4) is 0 Å². The van der Waals surface area contributed by atoms with Crippen molar-refractivity contribution in [3.63, 3.8) is 0 Å². The molecule has 0 spiro atoms. The minimum atomic E-state index is -0.205. The summed E-state index contributed by atoms with van der Waals surface area (Å²) in [5, 5.41) is 0. The van der Waals surface area contributed by atoms with Crippen molar-refractivity contribution in [2.75, 3.05) is 19.6 Å². The van der Waals surface area contributed by atoms with Gasteiger partial charge in [0.15, 0.2) is 0 Å². The van der Waals surface area contributed by atoms with Crippen molar-refractivity contribution in [2.24, 2.45) is 5.92 Å². The summed E-state index contributed by atoms with van der Waals surface area (Å²) in [5.41, 5.74) is 1.81. The average molecular weight is 339 g/mol. The molecule has 5 heteroatoms. The van der Waals surface area contributed by atoms with Gasteiger partial charge in [-0.25, -0.2) is 4.39 Å². The monoisotopic (exact) mass is 339 g/mol. The molecule has 5 heterocycles. The van der Waals surface area contributed by atoms with Crippen LogP contribution in [0.4, 0.5) is 4.39 Å². The summed E-state index contributed by atoms with van der Waals surface area (Å²) in [4.78, 5) is 20.8. The lowest BCUT2D eigenvalue weighted by Crippen LogP contribution is -2.60. The zero-order valence-electron chi connectivity index (χ0n) is 14.1. The number of aromatic nitrogens is 1. The number of nitrogens with zero attached hydrogens (tertiary/aromatic N) is 2. The fourth-order valence-corrected chi connectivity index (χ4v) is 5.28. The largest absolute Gasteiger partial charge is 0.357 e. The van der Waals surface area contributed by atoms with Crippen molar-refractivity contribution < 1.29 is 9.18 Å². The molecular formula is C20H22FN3O. The first kappa shape index (κ1) is 15.1. The molecule has 4 nitrogen and oxygen atoms in total. The topological polar surface area (TPSA) is 39.3 Å². The average Bonchev–Trinajstić information content (AvgIpc) is 3.32. The van der Waals surface area contributed by atoms with Gasteiger partial charge in [-0.05, 0) is 61.7 Å². The number of benzene rings is 1. The van der Waals surface area contributed by atoms with Crippen molar-refractivity contribution >= 4 is 5.91 Å². The number of halogens is 1. The maximum Gasteiger partial charge on any atom is 0.270 e. The van der Waals surface area contributed by atoms with Gasteiger partial charge in [-0.15, -0.1) is 0 Å². The van der Waals surface area contributed by atoms with E-state index in [0.29, 0.717) is 24.2 Å². The van der Waals surface area contributed by atoms with Gasteiger partial charge in [0, 0.05) is 24.7 Å². The first-order valence-electron chi connectivity index (χ1n) is 9.16. The Labute approximate surface area is 146 Å². The zero-order chi connectivity index (χ0) is 17.0. The zero-order valence-corrected chi connectivity index (χ0v) is 14.1. The summed E-state index contributed by atoms with van der Waals surface area (Å²) < 4.78 is 13.4. The molecule has 3 atom stereocenters. The molecule has 130 valence electrons. The number of carbonyl (C=O) groups excluding carboxylic acids is 1. The normalized spacial score (nSPS) is 33.5. The molecule has 0 radical (unpaired) electrons. The molecular weight excluding hydrogens is 317 g/mol. The molecule has 1 N–H and O–H groups in total. The van der Waals surface area contributed by atoms with E-state index in [4.69, 9.17) is 0 Å².